The summed E-state index contributed by atoms with van der Waals surface area (Å²) in [5, 5.41) is 18.2. The first kappa shape index (κ1) is 17.9. The topological polar surface area (TPSA) is 63.4 Å². The van der Waals surface area contributed by atoms with Crippen molar-refractivity contribution in [3.63, 3.8) is 0 Å². The summed E-state index contributed by atoms with van der Waals surface area (Å²) in [5.74, 6) is 1.41. The lowest BCUT2D eigenvalue weighted by Crippen LogP contribution is -2.14. The zero-order chi connectivity index (χ0) is 17.2. The molecule has 1 unspecified atom stereocenters. The number of ether oxygens (including phenoxy) is 2. The van der Waals surface area contributed by atoms with Crippen molar-refractivity contribution in [1.82, 2.24) is 0 Å². The standard InChI is InChI=1S/C19H24N2O3/c1-3-4-5-6-19(22)24-18-13-9-16(10-14-18)21-20-15-7-11-17(23-2)12-8-15/h7-14,19,22H,3-6H2,1-2H3/b21-20+. The van der Waals surface area contributed by atoms with Crippen molar-refractivity contribution >= 4 is 11.4 Å². The molecular formula is C19H24N2O3. The number of methoxy groups -OCH3 is 1. The molecule has 0 aliphatic rings. The number of hydrogen-bond acceptors (Lipinski definition) is 5. The predicted molar refractivity (Wildman–Crippen MR) is 94.4 cm³/mol. The van der Waals surface area contributed by atoms with Crippen LogP contribution in [0.25, 0.3) is 0 Å². The maximum atomic E-state index is 9.82. The zero-order valence-electron chi connectivity index (χ0n) is 14.2. The van der Waals surface area contributed by atoms with Crippen molar-refractivity contribution in [2.45, 2.75) is 38.9 Å². The molecule has 0 saturated heterocycles. The van der Waals surface area contributed by atoms with Gasteiger partial charge >= 0.3 is 0 Å². The highest BCUT2D eigenvalue weighted by Gasteiger charge is 2.05. The first-order valence-corrected chi connectivity index (χ1v) is 8.22. The lowest BCUT2D eigenvalue weighted by molar-refractivity contribution is -0.0245. The molecular weight excluding hydrogens is 304 g/mol. The maximum absolute atomic E-state index is 9.82. The van der Waals surface area contributed by atoms with Crippen LogP contribution in [-0.4, -0.2) is 18.5 Å². The molecule has 128 valence electrons. The molecule has 2 rings (SSSR count). The number of azo groups is 1. The average molecular weight is 328 g/mol. The summed E-state index contributed by atoms with van der Waals surface area (Å²) < 4.78 is 10.6. The van der Waals surface area contributed by atoms with Gasteiger partial charge in [-0.25, -0.2) is 0 Å². The molecule has 24 heavy (non-hydrogen) atoms. The first-order chi connectivity index (χ1) is 11.7. The Hall–Kier alpha value is -2.40. The van der Waals surface area contributed by atoms with Gasteiger partial charge in [0, 0.05) is 6.42 Å². The van der Waals surface area contributed by atoms with E-state index < -0.39 is 6.29 Å². The molecule has 2 aromatic carbocycles. The molecule has 0 aliphatic carbocycles. The molecule has 2 aromatic rings. The van der Waals surface area contributed by atoms with Crippen LogP contribution in [0.15, 0.2) is 58.8 Å². The Morgan fingerprint density at radius 2 is 1.42 bits per heavy atom. The van der Waals surface area contributed by atoms with Crippen LogP contribution in [0.5, 0.6) is 11.5 Å². The minimum atomic E-state index is -0.761. The van der Waals surface area contributed by atoms with Crippen LogP contribution in [-0.2, 0) is 0 Å². The van der Waals surface area contributed by atoms with Crippen LogP contribution in [0, 0.1) is 0 Å². The monoisotopic (exact) mass is 328 g/mol. The second-order valence-electron chi connectivity index (χ2n) is 5.46. The summed E-state index contributed by atoms with van der Waals surface area (Å²) >= 11 is 0. The predicted octanol–water partition coefficient (Wildman–Crippen LogP) is 5.39. The molecule has 0 aliphatic heterocycles. The SMILES string of the molecule is CCCCCC(O)Oc1ccc(/N=N/c2ccc(OC)cc2)cc1. The summed E-state index contributed by atoms with van der Waals surface area (Å²) in [6.45, 7) is 2.13. The second kappa shape index (κ2) is 9.67. The van der Waals surface area contributed by atoms with E-state index in [2.05, 4.69) is 17.2 Å². The zero-order valence-corrected chi connectivity index (χ0v) is 14.2. The van der Waals surface area contributed by atoms with Crippen LogP contribution < -0.4 is 9.47 Å². The lowest BCUT2D eigenvalue weighted by atomic mass is 10.2. The van der Waals surface area contributed by atoms with E-state index in [0.29, 0.717) is 12.2 Å². The number of nitrogens with zero attached hydrogens (tertiary/aromatic N) is 2. The third-order valence-corrected chi connectivity index (χ3v) is 3.52. The quantitative estimate of drug-likeness (QED) is 0.381. The molecule has 0 aromatic heterocycles. The molecule has 0 radical (unpaired) electrons. The minimum Gasteiger partial charge on any atom is -0.497 e. The Morgan fingerprint density at radius 3 is 1.92 bits per heavy atom. The Bertz CT molecular complexity index is 624. The summed E-state index contributed by atoms with van der Waals surface area (Å²) in [6, 6.07) is 14.5. The van der Waals surface area contributed by atoms with Gasteiger partial charge in [0.05, 0.1) is 18.5 Å². The number of rotatable bonds is 9. The first-order valence-electron chi connectivity index (χ1n) is 8.22. The van der Waals surface area contributed by atoms with E-state index in [1.807, 2.05) is 24.3 Å². The molecule has 0 heterocycles. The van der Waals surface area contributed by atoms with E-state index in [9.17, 15) is 5.11 Å². The van der Waals surface area contributed by atoms with E-state index in [1.54, 1.807) is 31.4 Å². The largest absolute Gasteiger partial charge is 0.497 e. The summed E-state index contributed by atoms with van der Waals surface area (Å²) in [5.41, 5.74) is 1.47. The van der Waals surface area contributed by atoms with Crippen molar-refractivity contribution in [1.29, 1.82) is 0 Å². The van der Waals surface area contributed by atoms with Gasteiger partial charge in [-0.1, -0.05) is 19.8 Å². The molecule has 0 spiro atoms. The van der Waals surface area contributed by atoms with Crippen molar-refractivity contribution in [3.05, 3.63) is 48.5 Å². The van der Waals surface area contributed by atoms with Crippen LogP contribution in [0.1, 0.15) is 32.6 Å². The highest BCUT2D eigenvalue weighted by atomic mass is 16.6. The number of hydrogen-bond donors (Lipinski definition) is 1. The fourth-order valence-electron chi connectivity index (χ4n) is 2.14. The van der Waals surface area contributed by atoms with Gasteiger partial charge in [0.2, 0.25) is 0 Å². The molecule has 0 amide bonds. The molecule has 0 bridgehead atoms. The Balaban J connectivity index is 1.87. The molecule has 1 N–H and O–H groups in total. The van der Waals surface area contributed by atoms with Gasteiger partial charge in [0.15, 0.2) is 6.29 Å². The molecule has 5 heteroatoms. The average Bonchev–Trinajstić information content (AvgIpc) is 2.62. The van der Waals surface area contributed by atoms with Gasteiger partial charge in [0.25, 0.3) is 0 Å². The third kappa shape index (κ3) is 6.01. The summed E-state index contributed by atoms with van der Waals surface area (Å²) in [4.78, 5) is 0. The lowest BCUT2D eigenvalue weighted by Gasteiger charge is -2.13. The van der Waals surface area contributed by atoms with Gasteiger partial charge < -0.3 is 14.6 Å². The summed E-state index contributed by atoms with van der Waals surface area (Å²) in [7, 11) is 1.63. The van der Waals surface area contributed by atoms with E-state index in [-0.39, 0.29) is 0 Å². The fourth-order valence-corrected chi connectivity index (χ4v) is 2.14. The number of benzene rings is 2. The molecule has 1 atom stereocenters. The highest BCUT2D eigenvalue weighted by molar-refractivity contribution is 5.44. The van der Waals surface area contributed by atoms with Gasteiger partial charge in [0.1, 0.15) is 11.5 Å². The number of aliphatic hydroxyl groups excluding tert-OH is 1. The van der Waals surface area contributed by atoms with Gasteiger partial charge in [-0.3, -0.25) is 0 Å². The smallest absolute Gasteiger partial charge is 0.197 e. The highest BCUT2D eigenvalue weighted by Crippen LogP contribution is 2.23. The number of aliphatic hydroxyl groups is 1. The normalized spacial score (nSPS) is 12.3. The van der Waals surface area contributed by atoms with Crippen molar-refractivity contribution in [2.24, 2.45) is 10.2 Å². The fraction of sp³-hybridized carbons (Fsp3) is 0.368. The Kier molecular flexibility index (Phi) is 7.23. The van der Waals surface area contributed by atoms with E-state index in [4.69, 9.17) is 9.47 Å². The number of unbranched alkanes of at least 4 members (excludes halogenated alkanes) is 2. The third-order valence-electron chi connectivity index (χ3n) is 3.52. The molecule has 0 saturated carbocycles. The van der Waals surface area contributed by atoms with E-state index >= 15 is 0 Å². The van der Waals surface area contributed by atoms with Crippen molar-refractivity contribution in [2.75, 3.05) is 7.11 Å². The molecule has 5 nitrogen and oxygen atoms in total. The van der Waals surface area contributed by atoms with E-state index in [1.165, 1.54) is 0 Å². The van der Waals surface area contributed by atoms with Crippen LogP contribution in [0.2, 0.25) is 0 Å². The Morgan fingerprint density at radius 1 is 0.875 bits per heavy atom. The van der Waals surface area contributed by atoms with Gasteiger partial charge in [-0.05, 0) is 55.0 Å². The van der Waals surface area contributed by atoms with Crippen LogP contribution in [0.4, 0.5) is 11.4 Å². The van der Waals surface area contributed by atoms with Crippen LogP contribution in [0.3, 0.4) is 0 Å². The van der Waals surface area contributed by atoms with Crippen molar-refractivity contribution < 1.29 is 14.6 Å². The summed E-state index contributed by atoms with van der Waals surface area (Å²) in [6.07, 6.45) is 3.08. The minimum absolute atomic E-state index is 0.627. The second-order valence-corrected chi connectivity index (χ2v) is 5.46. The Labute approximate surface area is 143 Å². The molecule has 0 fully saturated rings. The van der Waals surface area contributed by atoms with Crippen molar-refractivity contribution in [3.8, 4) is 11.5 Å². The maximum Gasteiger partial charge on any atom is 0.197 e. The van der Waals surface area contributed by atoms with Gasteiger partial charge in [-0.15, -0.1) is 0 Å². The van der Waals surface area contributed by atoms with Crippen LogP contribution >= 0.6 is 0 Å². The van der Waals surface area contributed by atoms with Gasteiger partial charge in [-0.2, -0.15) is 10.2 Å². The van der Waals surface area contributed by atoms with E-state index in [0.717, 1.165) is 36.4 Å².